The molecule has 2 saturated carbocycles. The molecule has 31 heavy (non-hydrogen) atoms. The first-order valence-electron chi connectivity index (χ1n) is 11.0. The third-order valence-corrected chi connectivity index (χ3v) is 6.49. The summed E-state index contributed by atoms with van der Waals surface area (Å²) < 4.78 is 0. The van der Waals surface area contributed by atoms with Crippen molar-refractivity contribution in [2.45, 2.75) is 51.4 Å². The highest BCUT2D eigenvalue weighted by Gasteiger charge is 2.31. The molecule has 3 heterocycles. The van der Waals surface area contributed by atoms with Crippen LogP contribution in [0, 0.1) is 18.8 Å². The van der Waals surface area contributed by atoms with Gasteiger partial charge in [-0.25, -0.2) is 4.98 Å². The lowest BCUT2D eigenvalue weighted by Gasteiger charge is -2.33. The summed E-state index contributed by atoms with van der Waals surface area (Å²) in [5.74, 6) is 1.23. The average molecular weight is 421 g/mol. The number of likely N-dealkylation sites (N-methyl/N-ethyl adjacent to an activating group) is 1. The first kappa shape index (κ1) is 20.2. The van der Waals surface area contributed by atoms with Crippen LogP contribution in [0.3, 0.4) is 0 Å². The number of nitrogens with one attached hydrogen (secondary N) is 1. The zero-order valence-corrected chi connectivity index (χ0v) is 17.9. The van der Waals surface area contributed by atoms with Gasteiger partial charge in [-0.05, 0) is 49.8 Å². The second-order valence-electron chi connectivity index (χ2n) is 9.10. The molecule has 5 rings (SSSR count). The molecule has 7 heteroatoms. The standard InChI is InChI=1S/C24H28N4O3/c1-13-7-19(21(29)8-14-3-4-14)25-12-18(13)17-9-16-11-26-22(27-23(30)15-5-6-15)10-20(16)28(2)24(17)31/h7,9-12,14-15,21,24,29,31H,3-6,8H2,1-2H3,(H,26,27,30)/t21-,24?/m0/s1. The van der Waals surface area contributed by atoms with Crippen molar-refractivity contribution >= 4 is 29.1 Å². The summed E-state index contributed by atoms with van der Waals surface area (Å²) in [5.41, 5.74) is 4.90. The number of rotatable bonds is 6. The fraction of sp³-hybridized carbons (Fsp3) is 0.458. The summed E-state index contributed by atoms with van der Waals surface area (Å²) in [6.45, 7) is 1.97. The maximum absolute atomic E-state index is 12.1. The Morgan fingerprint density at radius 1 is 1.23 bits per heavy atom. The Morgan fingerprint density at radius 3 is 2.68 bits per heavy atom. The van der Waals surface area contributed by atoms with Crippen LogP contribution < -0.4 is 10.2 Å². The Kier molecular flexibility index (Phi) is 5.02. The van der Waals surface area contributed by atoms with Crippen molar-refractivity contribution < 1.29 is 15.0 Å². The fourth-order valence-electron chi connectivity index (χ4n) is 4.17. The first-order valence-corrected chi connectivity index (χ1v) is 11.0. The smallest absolute Gasteiger partial charge is 0.228 e. The van der Waals surface area contributed by atoms with Crippen LogP contribution in [0.25, 0.3) is 11.6 Å². The molecule has 3 N–H and O–H groups in total. The summed E-state index contributed by atoms with van der Waals surface area (Å²) in [4.78, 5) is 22.7. The van der Waals surface area contributed by atoms with Gasteiger partial charge in [-0.3, -0.25) is 9.78 Å². The SMILES string of the molecule is Cc1cc([C@@H](O)CC2CC2)ncc1C1=Cc2cnc(NC(=O)C3CC3)cc2N(C)C1O. The largest absolute Gasteiger partial charge is 0.387 e. The van der Waals surface area contributed by atoms with E-state index in [4.69, 9.17) is 0 Å². The van der Waals surface area contributed by atoms with E-state index >= 15 is 0 Å². The van der Waals surface area contributed by atoms with E-state index in [1.165, 1.54) is 12.8 Å². The zero-order valence-electron chi connectivity index (χ0n) is 17.9. The number of hydrogen-bond acceptors (Lipinski definition) is 6. The lowest BCUT2D eigenvalue weighted by atomic mass is 9.94. The van der Waals surface area contributed by atoms with E-state index in [-0.39, 0.29) is 11.8 Å². The van der Waals surface area contributed by atoms with E-state index in [1.54, 1.807) is 23.4 Å². The van der Waals surface area contributed by atoms with Crippen molar-refractivity contribution in [3.8, 4) is 0 Å². The normalized spacial score (nSPS) is 21.4. The summed E-state index contributed by atoms with van der Waals surface area (Å²) in [6, 6.07) is 3.72. The van der Waals surface area contributed by atoms with Crippen molar-refractivity contribution in [2.24, 2.45) is 11.8 Å². The van der Waals surface area contributed by atoms with Gasteiger partial charge in [0.15, 0.2) is 6.23 Å². The molecule has 3 aliphatic rings. The maximum Gasteiger partial charge on any atom is 0.228 e. The number of anilines is 2. The number of aliphatic hydroxyl groups excluding tert-OH is 2. The highest BCUT2D eigenvalue weighted by molar-refractivity contribution is 5.96. The van der Waals surface area contributed by atoms with Gasteiger partial charge in [-0.2, -0.15) is 0 Å². The van der Waals surface area contributed by atoms with Gasteiger partial charge in [0.25, 0.3) is 0 Å². The zero-order chi connectivity index (χ0) is 21.7. The number of aryl methyl sites for hydroxylation is 1. The van der Waals surface area contributed by atoms with Crippen LogP contribution in [0.1, 0.15) is 60.6 Å². The van der Waals surface area contributed by atoms with Gasteiger partial charge in [-0.1, -0.05) is 12.8 Å². The Balaban J connectivity index is 1.42. The van der Waals surface area contributed by atoms with Crippen LogP contribution >= 0.6 is 0 Å². The van der Waals surface area contributed by atoms with Gasteiger partial charge >= 0.3 is 0 Å². The number of fused-ring (bicyclic) bond motifs is 1. The third-order valence-electron chi connectivity index (χ3n) is 6.49. The molecule has 2 fully saturated rings. The molecule has 7 nitrogen and oxygen atoms in total. The highest BCUT2D eigenvalue weighted by atomic mass is 16.3. The fourth-order valence-corrected chi connectivity index (χ4v) is 4.17. The number of carbonyl (C=O) groups excluding carboxylic acids is 1. The number of aromatic nitrogens is 2. The topological polar surface area (TPSA) is 98.6 Å². The van der Waals surface area contributed by atoms with E-state index in [0.717, 1.165) is 47.2 Å². The number of nitrogens with zero attached hydrogens (tertiary/aromatic N) is 3. The van der Waals surface area contributed by atoms with Gasteiger partial charge in [-0.15, -0.1) is 0 Å². The number of aliphatic hydroxyl groups is 2. The molecule has 1 amide bonds. The Morgan fingerprint density at radius 2 is 2.00 bits per heavy atom. The van der Waals surface area contributed by atoms with E-state index < -0.39 is 12.3 Å². The molecule has 162 valence electrons. The van der Waals surface area contributed by atoms with Gasteiger partial charge in [0.05, 0.1) is 17.5 Å². The number of pyridine rings is 2. The predicted octanol–water partition coefficient (Wildman–Crippen LogP) is 3.28. The second-order valence-corrected chi connectivity index (χ2v) is 9.10. The Labute approximate surface area is 181 Å². The minimum Gasteiger partial charge on any atom is -0.387 e. The van der Waals surface area contributed by atoms with Crippen LogP contribution in [-0.4, -0.2) is 39.4 Å². The Bertz CT molecular complexity index is 1060. The first-order chi connectivity index (χ1) is 14.9. The van der Waals surface area contributed by atoms with E-state index in [2.05, 4.69) is 15.3 Å². The third kappa shape index (κ3) is 4.07. The molecule has 1 aliphatic heterocycles. The van der Waals surface area contributed by atoms with Crippen molar-refractivity contribution in [1.82, 2.24) is 9.97 Å². The molecule has 2 aromatic rings. The van der Waals surface area contributed by atoms with Crippen LogP contribution in [0.15, 0.2) is 24.5 Å². The minimum absolute atomic E-state index is 0.00774. The quantitative estimate of drug-likeness (QED) is 0.663. The summed E-state index contributed by atoms with van der Waals surface area (Å²) in [7, 11) is 1.82. The van der Waals surface area contributed by atoms with Gasteiger partial charge in [0, 0.05) is 48.1 Å². The average Bonchev–Trinajstić information content (AvgIpc) is 3.65. The van der Waals surface area contributed by atoms with E-state index in [1.807, 2.05) is 26.1 Å². The molecule has 2 aromatic heterocycles. The van der Waals surface area contributed by atoms with Crippen LogP contribution in [0.4, 0.5) is 11.5 Å². The molecule has 0 aromatic carbocycles. The van der Waals surface area contributed by atoms with E-state index in [9.17, 15) is 15.0 Å². The second kappa shape index (κ2) is 7.73. The lowest BCUT2D eigenvalue weighted by molar-refractivity contribution is -0.117. The summed E-state index contributed by atoms with van der Waals surface area (Å²) in [6.07, 6.45) is 9.01. The molecule has 2 aliphatic carbocycles. The molecule has 0 bridgehead atoms. The van der Waals surface area contributed by atoms with Crippen molar-refractivity contribution in [3.05, 3.63) is 46.9 Å². The predicted molar refractivity (Wildman–Crippen MR) is 119 cm³/mol. The van der Waals surface area contributed by atoms with Gasteiger partial charge < -0.3 is 20.4 Å². The maximum atomic E-state index is 12.1. The monoisotopic (exact) mass is 420 g/mol. The lowest BCUT2D eigenvalue weighted by Crippen LogP contribution is -2.35. The van der Waals surface area contributed by atoms with Crippen LogP contribution in [0.2, 0.25) is 0 Å². The van der Waals surface area contributed by atoms with Crippen molar-refractivity contribution in [3.63, 3.8) is 0 Å². The minimum atomic E-state index is -0.857. The van der Waals surface area contributed by atoms with Gasteiger partial charge in [0.2, 0.25) is 5.91 Å². The Hall–Kier alpha value is -2.77. The molecule has 1 unspecified atom stereocenters. The van der Waals surface area contributed by atoms with Gasteiger partial charge in [0.1, 0.15) is 5.82 Å². The van der Waals surface area contributed by atoms with Crippen molar-refractivity contribution in [2.75, 3.05) is 17.3 Å². The number of hydrogen-bond donors (Lipinski definition) is 3. The highest BCUT2D eigenvalue weighted by Crippen LogP contribution is 2.39. The van der Waals surface area contributed by atoms with Crippen LogP contribution in [-0.2, 0) is 4.79 Å². The molecular formula is C24H28N4O3. The summed E-state index contributed by atoms with van der Waals surface area (Å²) >= 11 is 0. The summed E-state index contributed by atoms with van der Waals surface area (Å²) in [5, 5.41) is 24.3. The molecule has 0 spiro atoms. The molecular weight excluding hydrogens is 392 g/mol. The number of amides is 1. The molecule has 2 atom stereocenters. The number of carbonyl (C=O) groups is 1. The van der Waals surface area contributed by atoms with E-state index in [0.29, 0.717) is 17.4 Å². The van der Waals surface area contributed by atoms with Crippen LogP contribution in [0.5, 0.6) is 0 Å². The van der Waals surface area contributed by atoms with Crippen molar-refractivity contribution in [1.29, 1.82) is 0 Å². The molecule has 0 radical (unpaired) electrons. The molecule has 0 saturated heterocycles.